The summed E-state index contributed by atoms with van der Waals surface area (Å²) in [5.74, 6) is 5.62. The van der Waals surface area contributed by atoms with Crippen LogP contribution in [0.2, 0.25) is 0 Å². The van der Waals surface area contributed by atoms with E-state index in [9.17, 15) is 4.39 Å². The summed E-state index contributed by atoms with van der Waals surface area (Å²) in [5.41, 5.74) is 0. The van der Waals surface area contributed by atoms with Crippen molar-refractivity contribution in [3.63, 3.8) is 0 Å². The molecule has 12 heavy (non-hydrogen) atoms. The van der Waals surface area contributed by atoms with Crippen LogP contribution in [0.4, 0.5) is 4.39 Å². The van der Waals surface area contributed by atoms with Gasteiger partial charge in [-0.05, 0) is 19.1 Å². The molecule has 1 aromatic carbocycles. The fourth-order valence-electron chi connectivity index (χ4n) is 0.748. The van der Waals surface area contributed by atoms with E-state index in [-0.39, 0.29) is 5.82 Å². The van der Waals surface area contributed by atoms with Gasteiger partial charge in [-0.1, -0.05) is 12.0 Å². The zero-order chi connectivity index (χ0) is 8.81. The first-order valence-electron chi connectivity index (χ1n) is 3.61. The molecular formula is C10H9FO. The molecule has 0 unspecified atom stereocenters. The van der Waals surface area contributed by atoms with E-state index in [1.54, 1.807) is 19.1 Å². The fourth-order valence-corrected chi connectivity index (χ4v) is 0.748. The van der Waals surface area contributed by atoms with Gasteiger partial charge in [-0.2, -0.15) is 0 Å². The van der Waals surface area contributed by atoms with Crippen LogP contribution in [0.25, 0.3) is 0 Å². The minimum Gasteiger partial charge on any atom is -0.481 e. The minimum atomic E-state index is -0.294. The highest BCUT2D eigenvalue weighted by Crippen LogP contribution is 2.11. The van der Waals surface area contributed by atoms with Crippen LogP contribution < -0.4 is 4.74 Å². The lowest BCUT2D eigenvalue weighted by Crippen LogP contribution is -1.93. The SMILES string of the molecule is CC#CCOc1cccc(F)c1. The van der Waals surface area contributed by atoms with Gasteiger partial charge in [-0.15, -0.1) is 5.92 Å². The first-order chi connectivity index (χ1) is 5.83. The van der Waals surface area contributed by atoms with Gasteiger partial charge < -0.3 is 4.74 Å². The van der Waals surface area contributed by atoms with E-state index in [0.29, 0.717) is 12.4 Å². The summed E-state index contributed by atoms with van der Waals surface area (Å²) >= 11 is 0. The number of hydrogen-bond donors (Lipinski definition) is 0. The molecule has 0 spiro atoms. The Morgan fingerprint density at radius 1 is 1.50 bits per heavy atom. The number of rotatable bonds is 2. The molecule has 0 aliphatic heterocycles. The first kappa shape index (κ1) is 8.61. The Bertz CT molecular complexity index is 309. The van der Waals surface area contributed by atoms with E-state index in [0.717, 1.165) is 0 Å². The molecule has 0 heterocycles. The molecule has 0 radical (unpaired) electrons. The van der Waals surface area contributed by atoms with Crippen molar-refractivity contribution in [2.24, 2.45) is 0 Å². The van der Waals surface area contributed by atoms with Crippen molar-refractivity contribution in [1.29, 1.82) is 0 Å². The summed E-state index contributed by atoms with van der Waals surface area (Å²) in [5, 5.41) is 0. The summed E-state index contributed by atoms with van der Waals surface area (Å²) in [6.07, 6.45) is 0. The maximum Gasteiger partial charge on any atom is 0.149 e. The summed E-state index contributed by atoms with van der Waals surface area (Å²) in [4.78, 5) is 0. The molecule has 0 bridgehead atoms. The normalized spacial score (nSPS) is 8.50. The lowest BCUT2D eigenvalue weighted by atomic mass is 10.3. The number of ether oxygens (including phenoxy) is 1. The van der Waals surface area contributed by atoms with Gasteiger partial charge in [-0.3, -0.25) is 0 Å². The molecule has 0 N–H and O–H groups in total. The Hall–Kier alpha value is -1.49. The van der Waals surface area contributed by atoms with Crippen molar-refractivity contribution in [3.05, 3.63) is 30.1 Å². The van der Waals surface area contributed by atoms with E-state index in [1.165, 1.54) is 12.1 Å². The van der Waals surface area contributed by atoms with Gasteiger partial charge in [0.2, 0.25) is 0 Å². The summed E-state index contributed by atoms with van der Waals surface area (Å²) in [6.45, 7) is 2.04. The maximum absolute atomic E-state index is 12.6. The van der Waals surface area contributed by atoms with Crippen LogP contribution >= 0.6 is 0 Å². The van der Waals surface area contributed by atoms with Crippen LogP contribution in [-0.4, -0.2) is 6.61 Å². The van der Waals surface area contributed by atoms with Crippen LogP contribution in [0, 0.1) is 17.7 Å². The van der Waals surface area contributed by atoms with Crippen molar-refractivity contribution in [3.8, 4) is 17.6 Å². The minimum absolute atomic E-state index is 0.294. The number of benzene rings is 1. The van der Waals surface area contributed by atoms with Gasteiger partial charge in [0.25, 0.3) is 0 Å². The molecule has 62 valence electrons. The maximum atomic E-state index is 12.6. The van der Waals surface area contributed by atoms with Crippen LogP contribution in [0.5, 0.6) is 5.75 Å². The van der Waals surface area contributed by atoms with E-state index in [4.69, 9.17) is 4.74 Å². The molecule has 0 amide bonds. The molecule has 0 saturated heterocycles. The second-order valence-electron chi connectivity index (χ2n) is 2.17. The van der Waals surface area contributed by atoms with Crippen LogP contribution in [0.15, 0.2) is 24.3 Å². The Morgan fingerprint density at radius 2 is 2.33 bits per heavy atom. The Balaban J connectivity index is 2.55. The van der Waals surface area contributed by atoms with Crippen molar-refractivity contribution in [2.75, 3.05) is 6.61 Å². The third-order valence-electron chi connectivity index (χ3n) is 1.28. The van der Waals surface area contributed by atoms with E-state index in [1.807, 2.05) is 0 Å². The van der Waals surface area contributed by atoms with Gasteiger partial charge in [0.05, 0.1) is 0 Å². The van der Waals surface area contributed by atoms with Crippen molar-refractivity contribution >= 4 is 0 Å². The van der Waals surface area contributed by atoms with E-state index < -0.39 is 0 Å². The Kier molecular flexibility index (Phi) is 3.16. The third-order valence-corrected chi connectivity index (χ3v) is 1.28. The first-order valence-corrected chi connectivity index (χ1v) is 3.61. The molecule has 2 heteroatoms. The van der Waals surface area contributed by atoms with Crippen LogP contribution in [0.1, 0.15) is 6.92 Å². The summed E-state index contributed by atoms with van der Waals surface area (Å²) in [7, 11) is 0. The van der Waals surface area contributed by atoms with E-state index >= 15 is 0 Å². The lowest BCUT2D eigenvalue weighted by molar-refractivity contribution is 0.367. The Morgan fingerprint density at radius 3 is 3.00 bits per heavy atom. The highest BCUT2D eigenvalue weighted by Gasteiger charge is 1.92. The second-order valence-corrected chi connectivity index (χ2v) is 2.17. The predicted octanol–water partition coefficient (Wildman–Crippen LogP) is 2.23. The lowest BCUT2D eigenvalue weighted by Gasteiger charge is -2.00. The zero-order valence-electron chi connectivity index (χ0n) is 6.80. The number of halogens is 1. The highest BCUT2D eigenvalue weighted by atomic mass is 19.1. The van der Waals surface area contributed by atoms with Crippen LogP contribution in [-0.2, 0) is 0 Å². The molecule has 0 aliphatic carbocycles. The van der Waals surface area contributed by atoms with Gasteiger partial charge >= 0.3 is 0 Å². The predicted molar refractivity (Wildman–Crippen MR) is 45.3 cm³/mol. The summed E-state index contributed by atoms with van der Waals surface area (Å²) < 4.78 is 17.7. The topological polar surface area (TPSA) is 9.23 Å². The molecule has 0 aliphatic rings. The largest absolute Gasteiger partial charge is 0.481 e. The van der Waals surface area contributed by atoms with Gasteiger partial charge in [0, 0.05) is 6.07 Å². The van der Waals surface area contributed by atoms with Gasteiger partial charge in [-0.25, -0.2) is 4.39 Å². The standard InChI is InChI=1S/C10H9FO/c1-2-3-7-12-10-6-4-5-9(11)8-10/h4-6,8H,7H2,1H3. The average molecular weight is 164 g/mol. The molecule has 0 aromatic heterocycles. The monoisotopic (exact) mass is 164 g/mol. The molecule has 0 fully saturated rings. The Labute approximate surface area is 71.2 Å². The second kappa shape index (κ2) is 4.40. The van der Waals surface area contributed by atoms with Crippen molar-refractivity contribution < 1.29 is 9.13 Å². The van der Waals surface area contributed by atoms with Crippen molar-refractivity contribution in [2.45, 2.75) is 6.92 Å². The smallest absolute Gasteiger partial charge is 0.149 e. The average Bonchev–Trinajstić information content (AvgIpc) is 2.05. The van der Waals surface area contributed by atoms with Crippen molar-refractivity contribution in [1.82, 2.24) is 0 Å². The summed E-state index contributed by atoms with van der Waals surface area (Å²) in [6, 6.07) is 6.00. The van der Waals surface area contributed by atoms with Crippen LogP contribution in [0.3, 0.4) is 0 Å². The molecule has 1 aromatic rings. The fraction of sp³-hybridized carbons (Fsp3) is 0.200. The van der Waals surface area contributed by atoms with E-state index in [2.05, 4.69) is 11.8 Å². The molecule has 0 saturated carbocycles. The molecule has 1 nitrogen and oxygen atoms in total. The molecular weight excluding hydrogens is 155 g/mol. The van der Waals surface area contributed by atoms with Gasteiger partial charge in [0.15, 0.2) is 0 Å². The third kappa shape index (κ3) is 2.63. The highest BCUT2D eigenvalue weighted by molar-refractivity contribution is 5.22. The zero-order valence-corrected chi connectivity index (χ0v) is 6.80. The number of hydrogen-bond acceptors (Lipinski definition) is 1. The molecule has 0 atom stereocenters. The van der Waals surface area contributed by atoms with Gasteiger partial charge in [0.1, 0.15) is 18.2 Å². The molecule has 1 rings (SSSR count). The quantitative estimate of drug-likeness (QED) is 0.609.